The number of aromatic nitrogens is 7. The van der Waals surface area contributed by atoms with E-state index in [0.717, 1.165) is 79.5 Å². The van der Waals surface area contributed by atoms with E-state index in [1.165, 1.54) is 16.0 Å². The highest BCUT2D eigenvalue weighted by molar-refractivity contribution is 6.18. The zero-order chi connectivity index (χ0) is 37.0. The van der Waals surface area contributed by atoms with Crippen LogP contribution in [0.15, 0.2) is 164 Å². The van der Waals surface area contributed by atoms with Gasteiger partial charge in [-0.25, -0.2) is 4.98 Å². The number of benzene rings is 5. The van der Waals surface area contributed by atoms with Crippen LogP contribution in [0, 0.1) is 0 Å². The number of hydrogen-bond donors (Lipinski definition) is 0. The average molecular weight is 720 g/mol. The average Bonchev–Trinajstić information content (AvgIpc) is 3.80. The zero-order valence-electron chi connectivity index (χ0n) is 30.3. The Kier molecular flexibility index (Phi) is 7.48. The van der Waals surface area contributed by atoms with Gasteiger partial charge in [-0.1, -0.05) is 109 Å². The van der Waals surface area contributed by atoms with Crippen LogP contribution in [0.5, 0.6) is 0 Å². The van der Waals surface area contributed by atoms with Crippen molar-refractivity contribution in [2.75, 3.05) is 0 Å². The molecule has 11 rings (SSSR count). The van der Waals surface area contributed by atoms with E-state index >= 15 is 0 Å². The van der Waals surface area contributed by atoms with Gasteiger partial charge >= 0.3 is 0 Å². The molecule has 0 radical (unpaired) electrons. The molecule has 0 saturated heterocycles. The van der Waals surface area contributed by atoms with Gasteiger partial charge in [0.05, 0.1) is 27.9 Å². The Labute approximate surface area is 322 Å². The smallest absolute Gasteiger partial charge is 0.238 e. The normalized spacial score (nSPS) is 12.4. The molecule has 0 saturated carbocycles. The second-order valence-corrected chi connectivity index (χ2v) is 14.0. The summed E-state index contributed by atoms with van der Waals surface area (Å²) < 4.78 is 4.67. The molecule has 5 aromatic heterocycles. The van der Waals surface area contributed by atoms with Crippen LogP contribution in [0.1, 0.15) is 12.8 Å². The highest BCUT2D eigenvalue weighted by Crippen LogP contribution is 2.37. The fourth-order valence-electron chi connectivity index (χ4n) is 8.20. The molecule has 56 heavy (non-hydrogen) atoms. The van der Waals surface area contributed by atoms with Gasteiger partial charge in [0.2, 0.25) is 5.95 Å². The van der Waals surface area contributed by atoms with E-state index in [2.05, 4.69) is 134 Å². The number of nitrogens with zero attached hydrogens (tertiary/aromatic N) is 7. The topological polar surface area (TPSA) is 74.3 Å². The Morgan fingerprint density at radius 2 is 1.02 bits per heavy atom. The van der Waals surface area contributed by atoms with E-state index in [9.17, 15) is 0 Å². The quantitative estimate of drug-likeness (QED) is 0.171. The molecule has 0 fully saturated rings. The zero-order valence-corrected chi connectivity index (χ0v) is 30.3. The molecule has 0 atom stereocenters. The maximum atomic E-state index is 5.36. The minimum absolute atomic E-state index is 0.543. The molecular formula is C49H33N7. The Morgan fingerprint density at radius 1 is 0.429 bits per heavy atom. The lowest BCUT2D eigenvalue weighted by Crippen LogP contribution is -2.30. The summed E-state index contributed by atoms with van der Waals surface area (Å²) in [6, 6.07) is 52.3. The number of hydrogen-bond acceptors (Lipinski definition) is 5. The number of para-hydroxylation sites is 2. The SMILES string of the molecule is C1=c2c(n(-c3ccccc3)c3c2ccc2c4ccccc4n(-c4nc(-c5cccc(-c6ccccn6)c5)nc(-c5cccc(-c6ccccn6)c5)n4)c23)=CCC1. The fourth-order valence-corrected chi connectivity index (χ4v) is 8.20. The second-order valence-electron chi connectivity index (χ2n) is 14.0. The lowest BCUT2D eigenvalue weighted by atomic mass is 10.1. The first kappa shape index (κ1) is 32.0. The number of fused-ring (bicyclic) bond motifs is 7. The Balaban J connectivity index is 1.24. The molecule has 5 heterocycles. The molecule has 7 heteroatoms. The molecule has 0 N–H and O–H groups in total. The van der Waals surface area contributed by atoms with Crippen molar-refractivity contribution in [2.24, 2.45) is 0 Å². The molecule has 5 aromatic carbocycles. The summed E-state index contributed by atoms with van der Waals surface area (Å²) in [6.45, 7) is 0. The van der Waals surface area contributed by atoms with Gasteiger partial charge in [0, 0.05) is 67.1 Å². The summed E-state index contributed by atoms with van der Waals surface area (Å²) in [4.78, 5) is 25.2. The molecule has 0 aliphatic heterocycles. The van der Waals surface area contributed by atoms with Crippen molar-refractivity contribution >= 4 is 44.9 Å². The van der Waals surface area contributed by atoms with Crippen LogP contribution in [0.4, 0.5) is 0 Å². The predicted octanol–water partition coefficient (Wildman–Crippen LogP) is 9.73. The van der Waals surface area contributed by atoms with Crippen molar-refractivity contribution in [1.82, 2.24) is 34.1 Å². The minimum atomic E-state index is 0.543. The summed E-state index contributed by atoms with van der Waals surface area (Å²) >= 11 is 0. The van der Waals surface area contributed by atoms with Gasteiger partial charge in [0.15, 0.2) is 11.6 Å². The van der Waals surface area contributed by atoms with E-state index in [4.69, 9.17) is 15.0 Å². The van der Waals surface area contributed by atoms with Gasteiger partial charge in [0.25, 0.3) is 0 Å². The number of rotatable bonds is 6. The largest absolute Gasteiger partial charge is 0.308 e. The van der Waals surface area contributed by atoms with E-state index in [0.29, 0.717) is 17.6 Å². The van der Waals surface area contributed by atoms with Crippen LogP contribution in [0.25, 0.3) is 102 Å². The van der Waals surface area contributed by atoms with Crippen molar-refractivity contribution in [3.63, 3.8) is 0 Å². The maximum absolute atomic E-state index is 5.36. The lowest BCUT2D eigenvalue weighted by Gasteiger charge is -2.14. The van der Waals surface area contributed by atoms with Crippen LogP contribution in [-0.2, 0) is 0 Å². The molecule has 264 valence electrons. The molecule has 10 aromatic rings. The summed E-state index contributed by atoms with van der Waals surface area (Å²) in [6.07, 6.45) is 10.4. The molecule has 1 aliphatic carbocycles. The molecule has 0 amide bonds. The lowest BCUT2D eigenvalue weighted by molar-refractivity contribution is 0.951. The third-order valence-electron chi connectivity index (χ3n) is 10.7. The first-order valence-corrected chi connectivity index (χ1v) is 18.9. The first-order chi connectivity index (χ1) is 27.8. The van der Waals surface area contributed by atoms with E-state index in [-0.39, 0.29) is 0 Å². The summed E-state index contributed by atoms with van der Waals surface area (Å²) in [5.74, 6) is 1.69. The number of pyridine rings is 2. The maximum Gasteiger partial charge on any atom is 0.238 e. The van der Waals surface area contributed by atoms with Crippen molar-refractivity contribution in [3.05, 3.63) is 175 Å². The summed E-state index contributed by atoms with van der Waals surface area (Å²) in [7, 11) is 0. The van der Waals surface area contributed by atoms with Gasteiger partial charge in [0.1, 0.15) is 0 Å². The highest BCUT2D eigenvalue weighted by atomic mass is 15.2. The summed E-state index contributed by atoms with van der Waals surface area (Å²) in [5.41, 5.74) is 9.81. The van der Waals surface area contributed by atoms with Crippen LogP contribution < -0.4 is 10.6 Å². The van der Waals surface area contributed by atoms with Crippen molar-refractivity contribution in [2.45, 2.75) is 12.8 Å². The van der Waals surface area contributed by atoms with Crippen LogP contribution >= 0.6 is 0 Å². The Morgan fingerprint density at radius 3 is 1.70 bits per heavy atom. The van der Waals surface area contributed by atoms with Crippen LogP contribution in [-0.4, -0.2) is 34.1 Å². The van der Waals surface area contributed by atoms with Gasteiger partial charge in [-0.05, 0) is 67.4 Å². The van der Waals surface area contributed by atoms with Gasteiger partial charge in [-0.15, -0.1) is 0 Å². The van der Waals surface area contributed by atoms with E-state index < -0.39 is 0 Å². The minimum Gasteiger partial charge on any atom is -0.308 e. The first-order valence-electron chi connectivity index (χ1n) is 18.9. The fraction of sp³-hybridized carbons (Fsp3) is 0.0408. The van der Waals surface area contributed by atoms with E-state index in [1.54, 1.807) is 0 Å². The predicted molar refractivity (Wildman–Crippen MR) is 226 cm³/mol. The second kappa shape index (κ2) is 13.1. The molecular weight excluding hydrogens is 687 g/mol. The molecule has 0 bridgehead atoms. The monoisotopic (exact) mass is 719 g/mol. The molecule has 0 unspecified atom stereocenters. The van der Waals surface area contributed by atoms with E-state index in [1.807, 2.05) is 60.9 Å². The molecule has 7 nitrogen and oxygen atoms in total. The Hall–Kier alpha value is -7.51. The van der Waals surface area contributed by atoms with Crippen LogP contribution in [0.3, 0.4) is 0 Å². The van der Waals surface area contributed by atoms with Crippen molar-refractivity contribution in [1.29, 1.82) is 0 Å². The van der Waals surface area contributed by atoms with Gasteiger partial charge in [-0.2, -0.15) is 9.97 Å². The molecule has 0 spiro atoms. The van der Waals surface area contributed by atoms with Crippen molar-refractivity contribution < 1.29 is 0 Å². The van der Waals surface area contributed by atoms with Crippen molar-refractivity contribution in [3.8, 4) is 56.9 Å². The third-order valence-corrected chi connectivity index (χ3v) is 10.7. The van der Waals surface area contributed by atoms with Gasteiger partial charge in [-0.3, -0.25) is 14.5 Å². The standard InChI is InChI=1S/C49H33N7/c1-2-18-36(19-3-1)55-43-24-6-4-20-37(43)39-26-27-40-38-21-5-7-25-44(38)56(46(40)45(39)55)49-53-47(34-16-12-14-32(30-34)41-22-8-10-28-50-41)52-48(54-49)35-17-13-15-33(31-35)42-23-9-11-29-51-42/h1-3,5,7-31H,4,6H2. The summed E-state index contributed by atoms with van der Waals surface area (Å²) in [5, 5.41) is 5.96. The Bertz CT molecular complexity index is 3140. The third kappa shape index (κ3) is 5.24. The van der Waals surface area contributed by atoms with Crippen LogP contribution in [0.2, 0.25) is 0 Å². The molecule has 1 aliphatic rings. The highest BCUT2D eigenvalue weighted by Gasteiger charge is 2.23. The van der Waals surface area contributed by atoms with Gasteiger partial charge < -0.3 is 4.57 Å².